The van der Waals surface area contributed by atoms with Crippen molar-refractivity contribution < 1.29 is 4.43 Å². The summed E-state index contributed by atoms with van der Waals surface area (Å²) in [5.41, 5.74) is 0. The second-order valence-electron chi connectivity index (χ2n) is 4.93. The van der Waals surface area contributed by atoms with Crippen LogP contribution in [-0.2, 0) is 4.43 Å². The molecule has 0 aliphatic heterocycles. The van der Waals surface area contributed by atoms with Crippen molar-refractivity contribution in [3.8, 4) is 0 Å². The van der Waals surface area contributed by atoms with Crippen LogP contribution in [-0.4, -0.2) is 15.4 Å². The van der Waals surface area contributed by atoms with Crippen LogP contribution in [0.4, 0.5) is 0 Å². The summed E-state index contributed by atoms with van der Waals surface area (Å²) >= 11 is 0. The van der Waals surface area contributed by atoms with Gasteiger partial charge < -0.3 is 4.43 Å². The summed E-state index contributed by atoms with van der Waals surface area (Å²) in [6.07, 6.45) is 4.18. The van der Waals surface area contributed by atoms with Crippen molar-refractivity contribution >= 4 is 8.32 Å². The lowest BCUT2D eigenvalue weighted by Crippen LogP contribution is -2.44. The Bertz CT molecular complexity index is 167. The fourth-order valence-electron chi connectivity index (χ4n) is 2.47. The number of hydrogen-bond acceptors (Lipinski definition) is 1. The minimum absolute atomic E-state index is 0.516. The van der Waals surface area contributed by atoms with Crippen LogP contribution < -0.4 is 0 Å². The number of rotatable bonds is 2. The standard InChI is InChI=1S/C10H22OSi/c1-9-7-6-8-10(9,2)12(4,5)11-3/h9H,6-8H2,1-5H3. The van der Waals surface area contributed by atoms with Gasteiger partial charge in [0.25, 0.3) is 0 Å². The lowest BCUT2D eigenvalue weighted by molar-refractivity contribution is 0.329. The summed E-state index contributed by atoms with van der Waals surface area (Å²) in [5.74, 6) is 0.860. The van der Waals surface area contributed by atoms with E-state index >= 15 is 0 Å². The van der Waals surface area contributed by atoms with Crippen LogP contribution in [0, 0.1) is 5.92 Å². The van der Waals surface area contributed by atoms with Crippen LogP contribution in [0.5, 0.6) is 0 Å². The molecule has 0 amide bonds. The molecule has 72 valence electrons. The summed E-state index contributed by atoms with van der Waals surface area (Å²) in [5, 5.41) is 0.516. The SMILES string of the molecule is CO[Si](C)(C)C1(C)CCCC1C. The molecule has 1 nitrogen and oxygen atoms in total. The molecule has 0 heterocycles. The van der Waals surface area contributed by atoms with Crippen molar-refractivity contribution in [1.82, 2.24) is 0 Å². The highest BCUT2D eigenvalue weighted by atomic mass is 28.4. The topological polar surface area (TPSA) is 9.23 Å². The molecule has 0 radical (unpaired) electrons. The molecule has 0 spiro atoms. The Morgan fingerprint density at radius 1 is 1.42 bits per heavy atom. The van der Waals surface area contributed by atoms with E-state index in [-0.39, 0.29) is 0 Å². The van der Waals surface area contributed by atoms with Gasteiger partial charge in [0, 0.05) is 7.11 Å². The van der Waals surface area contributed by atoms with E-state index in [2.05, 4.69) is 26.9 Å². The largest absolute Gasteiger partial charge is 0.420 e. The van der Waals surface area contributed by atoms with E-state index in [0.29, 0.717) is 5.04 Å². The fraction of sp³-hybridized carbons (Fsp3) is 1.00. The second kappa shape index (κ2) is 3.15. The zero-order valence-corrected chi connectivity index (χ0v) is 10.1. The molecule has 0 aromatic rings. The Kier molecular flexibility index (Phi) is 2.69. The van der Waals surface area contributed by atoms with E-state index in [1.165, 1.54) is 19.3 Å². The molecular formula is C10H22OSi. The van der Waals surface area contributed by atoms with Crippen LogP contribution in [0.15, 0.2) is 0 Å². The Balaban J connectivity index is 2.83. The Labute approximate surface area is 77.6 Å². The maximum Gasteiger partial charge on any atom is 0.192 e. The van der Waals surface area contributed by atoms with Gasteiger partial charge in [-0.25, -0.2) is 0 Å². The molecule has 2 heteroatoms. The van der Waals surface area contributed by atoms with E-state index < -0.39 is 8.32 Å². The predicted molar refractivity (Wildman–Crippen MR) is 55.9 cm³/mol. The van der Waals surface area contributed by atoms with E-state index in [4.69, 9.17) is 4.43 Å². The van der Waals surface area contributed by atoms with Crippen molar-refractivity contribution in [2.45, 2.75) is 51.2 Å². The third kappa shape index (κ3) is 1.35. The zero-order chi connectivity index (χ0) is 9.41. The Morgan fingerprint density at radius 2 is 2.00 bits per heavy atom. The van der Waals surface area contributed by atoms with Crippen LogP contribution in [0.1, 0.15) is 33.1 Å². The molecule has 0 bridgehead atoms. The molecule has 12 heavy (non-hydrogen) atoms. The Hall–Kier alpha value is 0.177. The van der Waals surface area contributed by atoms with Crippen molar-refractivity contribution in [2.24, 2.45) is 5.92 Å². The van der Waals surface area contributed by atoms with E-state index in [1.807, 2.05) is 7.11 Å². The minimum Gasteiger partial charge on any atom is -0.420 e. The van der Waals surface area contributed by atoms with Gasteiger partial charge in [0.15, 0.2) is 8.32 Å². The van der Waals surface area contributed by atoms with E-state index in [1.54, 1.807) is 0 Å². The average Bonchev–Trinajstić information content (AvgIpc) is 2.34. The van der Waals surface area contributed by atoms with Gasteiger partial charge in [-0.05, 0) is 30.5 Å². The van der Waals surface area contributed by atoms with Gasteiger partial charge in [-0.15, -0.1) is 0 Å². The van der Waals surface area contributed by atoms with Crippen LogP contribution in [0.3, 0.4) is 0 Å². The molecular weight excluding hydrogens is 164 g/mol. The van der Waals surface area contributed by atoms with Crippen LogP contribution in [0.25, 0.3) is 0 Å². The molecule has 2 atom stereocenters. The van der Waals surface area contributed by atoms with Gasteiger partial charge in [0.1, 0.15) is 0 Å². The monoisotopic (exact) mass is 186 g/mol. The molecule has 0 saturated heterocycles. The third-order valence-corrected chi connectivity index (χ3v) is 8.82. The molecule has 1 saturated carbocycles. The van der Waals surface area contributed by atoms with Crippen molar-refractivity contribution in [3.63, 3.8) is 0 Å². The zero-order valence-electron chi connectivity index (χ0n) is 9.11. The van der Waals surface area contributed by atoms with Gasteiger partial charge in [-0.1, -0.05) is 26.7 Å². The highest BCUT2D eigenvalue weighted by molar-refractivity contribution is 6.74. The van der Waals surface area contributed by atoms with E-state index in [9.17, 15) is 0 Å². The summed E-state index contributed by atoms with van der Waals surface area (Å²) in [7, 11) is 0.460. The van der Waals surface area contributed by atoms with Crippen LogP contribution >= 0.6 is 0 Å². The molecule has 0 aromatic carbocycles. The van der Waals surface area contributed by atoms with Gasteiger partial charge in [-0.3, -0.25) is 0 Å². The van der Waals surface area contributed by atoms with Crippen LogP contribution in [0.2, 0.25) is 18.1 Å². The normalized spacial score (nSPS) is 37.2. The molecule has 0 aromatic heterocycles. The average molecular weight is 186 g/mol. The van der Waals surface area contributed by atoms with E-state index in [0.717, 1.165) is 5.92 Å². The Morgan fingerprint density at radius 3 is 2.33 bits per heavy atom. The lowest BCUT2D eigenvalue weighted by atomic mass is 9.99. The highest BCUT2D eigenvalue weighted by Crippen LogP contribution is 2.55. The molecule has 1 rings (SSSR count). The summed E-state index contributed by atoms with van der Waals surface area (Å²) in [6, 6.07) is 0. The van der Waals surface area contributed by atoms with Crippen molar-refractivity contribution in [1.29, 1.82) is 0 Å². The molecule has 1 aliphatic carbocycles. The van der Waals surface area contributed by atoms with Crippen molar-refractivity contribution in [3.05, 3.63) is 0 Å². The third-order valence-electron chi connectivity index (χ3n) is 4.31. The summed E-state index contributed by atoms with van der Waals surface area (Å²) < 4.78 is 5.73. The van der Waals surface area contributed by atoms with Gasteiger partial charge in [0.05, 0.1) is 0 Å². The van der Waals surface area contributed by atoms with Crippen molar-refractivity contribution in [2.75, 3.05) is 7.11 Å². The lowest BCUT2D eigenvalue weighted by Gasteiger charge is -2.41. The smallest absolute Gasteiger partial charge is 0.192 e. The predicted octanol–water partition coefficient (Wildman–Crippen LogP) is 3.42. The first kappa shape index (κ1) is 10.3. The molecule has 1 aliphatic rings. The molecule has 0 N–H and O–H groups in total. The summed E-state index contributed by atoms with van der Waals surface area (Å²) in [4.78, 5) is 0. The first-order valence-corrected chi connectivity index (χ1v) is 7.90. The van der Waals surface area contributed by atoms with Gasteiger partial charge >= 0.3 is 0 Å². The fourth-order valence-corrected chi connectivity index (χ4v) is 5.04. The first-order valence-electron chi connectivity index (χ1n) is 4.99. The van der Waals surface area contributed by atoms with Gasteiger partial charge in [0.2, 0.25) is 0 Å². The molecule has 1 fully saturated rings. The molecule has 2 unspecified atom stereocenters. The van der Waals surface area contributed by atoms with Gasteiger partial charge in [-0.2, -0.15) is 0 Å². The maximum absolute atomic E-state index is 5.73. The first-order chi connectivity index (χ1) is 5.44. The number of hydrogen-bond donors (Lipinski definition) is 0. The quantitative estimate of drug-likeness (QED) is 0.600. The highest BCUT2D eigenvalue weighted by Gasteiger charge is 2.49. The minimum atomic E-state index is -1.43. The summed E-state index contributed by atoms with van der Waals surface area (Å²) in [6.45, 7) is 9.53. The maximum atomic E-state index is 5.73. The second-order valence-corrected chi connectivity index (χ2v) is 9.50.